The van der Waals surface area contributed by atoms with Crippen LogP contribution in [-0.2, 0) is 9.84 Å². The molecule has 0 amide bonds. The van der Waals surface area contributed by atoms with Crippen LogP contribution >= 0.6 is 0 Å². The van der Waals surface area contributed by atoms with Gasteiger partial charge in [-0.1, -0.05) is 5.16 Å². The number of aromatic nitrogens is 2. The summed E-state index contributed by atoms with van der Waals surface area (Å²) >= 11 is 0. The Hall–Kier alpha value is -1.76. The molecule has 3 rings (SSSR count). The summed E-state index contributed by atoms with van der Waals surface area (Å²) in [6.45, 7) is 1.66. The molecule has 7 heteroatoms. The summed E-state index contributed by atoms with van der Waals surface area (Å²) in [4.78, 5) is 4.23. The van der Waals surface area contributed by atoms with Gasteiger partial charge in [-0.15, -0.1) is 0 Å². The van der Waals surface area contributed by atoms with Crippen molar-refractivity contribution in [3.8, 4) is 11.4 Å². The van der Waals surface area contributed by atoms with E-state index in [1.165, 1.54) is 6.07 Å². The van der Waals surface area contributed by atoms with Gasteiger partial charge in [-0.3, -0.25) is 0 Å². The maximum atomic E-state index is 13.2. The van der Waals surface area contributed by atoms with Crippen LogP contribution < -0.4 is 0 Å². The highest BCUT2D eigenvalue weighted by Crippen LogP contribution is 2.29. The SMILES string of the molecule is Cc1cc(-c2noc([C@@H]3CCS(=O)(=O)C3)n2)ccc1F. The fourth-order valence-corrected chi connectivity index (χ4v) is 4.02. The molecule has 0 aliphatic carbocycles. The summed E-state index contributed by atoms with van der Waals surface area (Å²) in [6.07, 6.45) is 0.506. The van der Waals surface area contributed by atoms with Crippen LogP contribution in [0.3, 0.4) is 0 Å². The molecule has 1 saturated heterocycles. The van der Waals surface area contributed by atoms with Crippen molar-refractivity contribution in [2.45, 2.75) is 19.3 Å². The van der Waals surface area contributed by atoms with Gasteiger partial charge < -0.3 is 4.52 Å². The molecule has 2 heterocycles. The van der Waals surface area contributed by atoms with Crippen molar-refractivity contribution in [2.75, 3.05) is 11.5 Å². The van der Waals surface area contributed by atoms with Crippen LogP contribution in [0, 0.1) is 12.7 Å². The number of rotatable bonds is 2. The summed E-state index contributed by atoms with van der Waals surface area (Å²) in [5.74, 6) is 0.375. The standard InChI is InChI=1S/C13H13FN2O3S/c1-8-6-9(2-3-11(8)14)12-15-13(19-16-12)10-4-5-20(17,18)7-10/h2-3,6,10H,4-5,7H2,1H3/t10-/m1/s1. The Balaban J connectivity index is 1.89. The normalized spacial score (nSPS) is 21.2. The van der Waals surface area contributed by atoms with Crippen molar-refractivity contribution in [3.63, 3.8) is 0 Å². The van der Waals surface area contributed by atoms with E-state index in [-0.39, 0.29) is 23.2 Å². The minimum atomic E-state index is -2.99. The number of aryl methyl sites for hydroxylation is 1. The molecule has 0 N–H and O–H groups in total. The van der Waals surface area contributed by atoms with Gasteiger partial charge in [0.2, 0.25) is 11.7 Å². The number of hydrogen-bond donors (Lipinski definition) is 0. The van der Waals surface area contributed by atoms with Gasteiger partial charge in [-0.2, -0.15) is 4.98 Å². The molecule has 5 nitrogen and oxygen atoms in total. The van der Waals surface area contributed by atoms with Crippen LogP contribution in [0.2, 0.25) is 0 Å². The zero-order valence-corrected chi connectivity index (χ0v) is 11.7. The highest BCUT2D eigenvalue weighted by molar-refractivity contribution is 7.91. The van der Waals surface area contributed by atoms with Crippen LogP contribution in [0.5, 0.6) is 0 Å². The van der Waals surface area contributed by atoms with E-state index in [9.17, 15) is 12.8 Å². The lowest BCUT2D eigenvalue weighted by Gasteiger charge is -1.99. The second-order valence-corrected chi connectivity index (χ2v) is 7.25. The molecular weight excluding hydrogens is 283 g/mol. The zero-order chi connectivity index (χ0) is 14.3. The molecule has 1 fully saturated rings. The van der Waals surface area contributed by atoms with Crippen LogP contribution in [-0.4, -0.2) is 30.1 Å². The smallest absolute Gasteiger partial charge is 0.231 e. The second-order valence-electron chi connectivity index (χ2n) is 5.02. The van der Waals surface area contributed by atoms with Crippen molar-refractivity contribution < 1.29 is 17.3 Å². The average Bonchev–Trinajstić information content (AvgIpc) is 2.99. The Morgan fingerprint density at radius 3 is 2.85 bits per heavy atom. The van der Waals surface area contributed by atoms with E-state index >= 15 is 0 Å². The Kier molecular flexibility index (Phi) is 3.08. The predicted octanol–water partition coefficient (Wildman–Crippen LogP) is 2.09. The molecule has 0 spiro atoms. The highest BCUT2D eigenvalue weighted by Gasteiger charge is 2.33. The quantitative estimate of drug-likeness (QED) is 0.848. The molecule has 1 aliphatic rings. The largest absolute Gasteiger partial charge is 0.339 e. The molecule has 0 saturated carbocycles. The second kappa shape index (κ2) is 4.66. The van der Waals surface area contributed by atoms with E-state index in [0.29, 0.717) is 29.3 Å². The van der Waals surface area contributed by atoms with E-state index in [1.54, 1.807) is 19.1 Å². The first kappa shape index (κ1) is 13.2. The maximum Gasteiger partial charge on any atom is 0.231 e. The molecule has 1 aliphatic heterocycles. The summed E-state index contributed by atoms with van der Waals surface area (Å²) in [7, 11) is -2.99. The molecule has 20 heavy (non-hydrogen) atoms. The summed E-state index contributed by atoms with van der Waals surface area (Å²) in [6, 6.07) is 4.55. The summed E-state index contributed by atoms with van der Waals surface area (Å²) < 4.78 is 41.3. The van der Waals surface area contributed by atoms with Gasteiger partial charge >= 0.3 is 0 Å². The first-order chi connectivity index (χ1) is 9.44. The van der Waals surface area contributed by atoms with Crippen molar-refractivity contribution in [1.29, 1.82) is 0 Å². The van der Waals surface area contributed by atoms with E-state index in [0.717, 1.165) is 0 Å². The third kappa shape index (κ3) is 2.45. The van der Waals surface area contributed by atoms with Crippen LogP contribution in [0.1, 0.15) is 23.8 Å². The lowest BCUT2D eigenvalue weighted by atomic mass is 10.1. The number of benzene rings is 1. The molecule has 1 aromatic carbocycles. The molecule has 0 radical (unpaired) electrons. The summed E-state index contributed by atoms with van der Waals surface area (Å²) in [5.41, 5.74) is 1.15. The maximum absolute atomic E-state index is 13.2. The van der Waals surface area contributed by atoms with Crippen molar-refractivity contribution in [2.24, 2.45) is 0 Å². The lowest BCUT2D eigenvalue weighted by Crippen LogP contribution is -2.03. The Labute approximate surface area is 115 Å². The lowest BCUT2D eigenvalue weighted by molar-refractivity contribution is 0.361. The third-order valence-electron chi connectivity index (χ3n) is 3.44. The van der Waals surface area contributed by atoms with E-state index < -0.39 is 9.84 Å². The Morgan fingerprint density at radius 1 is 1.40 bits per heavy atom. The first-order valence-corrected chi connectivity index (χ1v) is 8.07. The van der Waals surface area contributed by atoms with E-state index in [1.807, 2.05) is 0 Å². The Bertz CT molecular complexity index is 755. The van der Waals surface area contributed by atoms with Gasteiger partial charge in [0.15, 0.2) is 9.84 Å². The third-order valence-corrected chi connectivity index (χ3v) is 5.21. The fraction of sp³-hybridized carbons (Fsp3) is 0.385. The molecule has 1 aromatic heterocycles. The van der Waals surface area contributed by atoms with Crippen LogP contribution in [0.15, 0.2) is 22.7 Å². The van der Waals surface area contributed by atoms with Crippen LogP contribution in [0.25, 0.3) is 11.4 Å². The Morgan fingerprint density at radius 2 is 2.20 bits per heavy atom. The van der Waals surface area contributed by atoms with Gasteiger partial charge in [-0.05, 0) is 37.1 Å². The summed E-state index contributed by atoms with van der Waals surface area (Å²) in [5, 5.41) is 3.85. The monoisotopic (exact) mass is 296 g/mol. The molecule has 1 atom stereocenters. The average molecular weight is 296 g/mol. The minimum absolute atomic E-state index is 0.0527. The number of hydrogen-bond acceptors (Lipinski definition) is 5. The number of halogens is 1. The van der Waals surface area contributed by atoms with E-state index in [2.05, 4.69) is 10.1 Å². The number of sulfone groups is 1. The van der Waals surface area contributed by atoms with E-state index in [4.69, 9.17) is 4.52 Å². The highest BCUT2D eigenvalue weighted by atomic mass is 32.2. The molecular formula is C13H13FN2O3S. The zero-order valence-electron chi connectivity index (χ0n) is 10.8. The van der Waals surface area contributed by atoms with Gasteiger partial charge in [0.1, 0.15) is 5.82 Å². The molecule has 0 bridgehead atoms. The molecule has 106 valence electrons. The minimum Gasteiger partial charge on any atom is -0.339 e. The number of nitrogens with zero attached hydrogens (tertiary/aromatic N) is 2. The first-order valence-electron chi connectivity index (χ1n) is 6.25. The van der Waals surface area contributed by atoms with Gasteiger partial charge in [0.05, 0.1) is 17.4 Å². The molecule has 2 aromatic rings. The van der Waals surface area contributed by atoms with Crippen molar-refractivity contribution in [1.82, 2.24) is 10.1 Å². The topological polar surface area (TPSA) is 73.1 Å². The van der Waals surface area contributed by atoms with Gasteiger partial charge in [0, 0.05) is 5.56 Å². The van der Waals surface area contributed by atoms with Crippen molar-refractivity contribution >= 4 is 9.84 Å². The fourth-order valence-electron chi connectivity index (χ4n) is 2.29. The van der Waals surface area contributed by atoms with Gasteiger partial charge in [-0.25, -0.2) is 12.8 Å². The van der Waals surface area contributed by atoms with Gasteiger partial charge in [0.25, 0.3) is 0 Å². The molecule has 0 unspecified atom stereocenters. The predicted molar refractivity (Wildman–Crippen MR) is 70.4 cm³/mol. The van der Waals surface area contributed by atoms with Crippen molar-refractivity contribution in [3.05, 3.63) is 35.5 Å². The van der Waals surface area contributed by atoms with Crippen LogP contribution in [0.4, 0.5) is 4.39 Å².